The van der Waals surface area contributed by atoms with Crippen molar-refractivity contribution in [2.75, 3.05) is 20.3 Å². The number of carbonyl (C=O) groups is 1. The van der Waals surface area contributed by atoms with Crippen LogP contribution in [0.25, 0.3) is 0 Å². The zero-order valence-corrected chi connectivity index (χ0v) is 11.0. The highest BCUT2D eigenvalue weighted by Gasteiger charge is 2.23. The van der Waals surface area contributed by atoms with E-state index < -0.39 is 0 Å². The summed E-state index contributed by atoms with van der Waals surface area (Å²) in [4.78, 5) is 13.9. The molecule has 0 fully saturated rings. The van der Waals surface area contributed by atoms with Gasteiger partial charge in [-0.15, -0.1) is 0 Å². The summed E-state index contributed by atoms with van der Waals surface area (Å²) in [5.41, 5.74) is 5.86. The van der Waals surface area contributed by atoms with Crippen LogP contribution >= 0.6 is 0 Å². The van der Waals surface area contributed by atoms with Crippen molar-refractivity contribution in [1.29, 1.82) is 0 Å². The molecule has 2 N–H and O–H groups in total. The van der Waals surface area contributed by atoms with Crippen LogP contribution in [0.2, 0.25) is 0 Å². The fourth-order valence-corrected chi connectivity index (χ4v) is 1.61. The third kappa shape index (κ3) is 4.94. The van der Waals surface area contributed by atoms with Crippen LogP contribution in [0.3, 0.4) is 0 Å². The molecule has 0 radical (unpaired) electrons. The van der Waals surface area contributed by atoms with Gasteiger partial charge in [0, 0.05) is 19.7 Å². The molecule has 0 aliphatic heterocycles. The van der Waals surface area contributed by atoms with Crippen molar-refractivity contribution >= 4 is 5.91 Å². The Balaban J connectivity index is 4.42. The number of rotatable bonds is 8. The molecule has 1 amide bonds. The smallest absolute Gasteiger partial charge is 0.239 e. The minimum atomic E-state index is -0.365. The summed E-state index contributed by atoms with van der Waals surface area (Å²) in [5.74, 6) is 0.0493. The Morgan fingerprint density at radius 1 is 1.44 bits per heavy atom. The maximum atomic E-state index is 12.1. The van der Waals surface area contributed by atoms with Gasteiger partial charge in [-0.25, -0.2) is 0 Å². The molecule has 96 valence electrons. The van der Waals surface area contributed by atoms with Crippen molar-refractivity contribution in [1.82, 2.24) is 4.90 Å². The van der Waals surface area contributed by atoms with E-state index in [2.05, 4.69) is 6.92 Å². The first-order valence-electron chi connectivity index (χ1n) is 6.13. The van der Waals surface area contributed by atoms with E-state index >= 15 is 0 Å². The molecule has 0 heterocycles. The standard InChI is InChI=1S/C12H26N2O2/c1-5-7-11(13)12(15)14(8-9-16-4)10(3)6-2/h10-11H,5-9,13H2,1-4H3/t10?,11-/m1/s1. The number of nitrogens with two attached hydrogens (primary N) is 1. The number of carbonyl (C=O) groups excluding carboxylic acids is 1. The molecular formula is C12H26N2O2. The molecule has 2 atom stereocenters. The molecule has 1 unspecified atom stereocenters. The second kappa shape index (κ2) is 8.53. The van der Waals surface area contributed by atoms with Gasteiger partial charge in [-0.3, -0.25) is 4.79 Å². The molecule has 4 heteroatoms. The summed E-state index contributed by atoms with van der Waals surface area (Å²) >= 11 is 0. The second-order valence-electron chi connectivity index (χ2n) is 4.18. The molecule has 0 aromatic heterocycles. The maximum absolute atomic E-state index is 12.1. The highest BCUT2D eigenvalue weighted by molar-refractivity contribution is 5.81. The summed E-state index contributed by atoms with van der Waals surface area (Å²) in [6.45, 7) is 7.35. The number of hydrogen-bond donors (Lipinski definition) is 1. The van der Waals surface area contributed by atoms with Crippen LogP contribution in [0.5, 0.6) is 0 Å². The van der Waals surface area contributed by atoms with Crippen molar-refractivity contribution in [3.05, 3.63) is 0 Å². The minimum Gasteiger partial charge on any atom is -0.383 e. The monoisotopic (exact) mass is 230 g/mol. The zero-order chi connectivity index (χ0) is 12.6. The van der Waals surface area contributed by atoms with Crippen LogP contribution in [-0.2, 0) is 9.53 Å². The van der Waals surface area contributed by atoms with Crippen molar-refractivity contribution in [3.63, 3.8) is 0 Å². The Hall–Kier alpha value is -0.610. The Kier molecular flexibility index (Phi) is 8.21. The Labute approximate surface area is 99.1 Å². The van der Waals surface area contributed by atoms with Crippen LogP contribution in [0, 0.1) is 0 Å². The largest absolute Gasteiger partial charge is 0.383 e. The molecule has 0 saturated carbocycles. The molecule has 0 bridgehead atoms. The number of nitrogens with zero attached hydrogens (tertiary/aromatic N) is 1. The molecule has 0 aliphatic rings. The molecule has 0 saturated heterocycles. The summed E-state index contributed by atoms with van der Waals surface area (Å²) in [5, 5.41) is 0. The molecule has 0 rings (SSSR count). The van der Waals surface area contributed by atoms with E-state index in [1.54, 1.807) is 7.11 Å². The number of methoxy groups -OCH3 is 1. The van der Waals surface area contributed by atoms with Crippen LogP contribution in [-0.4, -0.2) is 43.2 Å². The number of hydrogen-bond acceptors (Lipinski definition) is 3. The van der Waals surface area contributed by atoms with Gasteiger partial charge < -0.3 is 15.4 Å². The molecule has 0 aliphatic carbocycles. The van der Waals surface area contributed by atoms with Gasteiger partial charge in [0.2, 0.25) is 5.91 Å². The third-order valence-electron chi connectivity index (χ3n) is 2.86. The summed E-state index contributed by atoms with van der Waals surface area (Å²) < 4.78 is 5.02. The SMILES string of the molecule is CCC[C@@H](N)C(=O)N(CCOC)C(C)CC. The lowest BCUT2D eigenvalue weighted by Crippen LogP contribution is -2.48. The van der Waals surface area contributed by atoms with E-state index in [0.717, 1.165) is 19.3 Å². The van der Waals surface area contributed by atoms with Crippen LogP contribution in [0.1, 0.15) is 40.0 Å². The van der Waals surface area contributed by atoms with E-state index in [1.165, 1.54) is 0 Å². The molecule has 16 heavy (non-hydrogen) atoms. The predicted octanol–water partition coefficient (Wildman–Crippen LogP) is 1.39. The molecule has 4 nitrogen and oxygen atoms in total. The van der Waals surface area contributed by atoms with Crippen molar-refractivity contribution in [2.45, 2.75) is 52.1 Å². The maximum Gasteiger partial charge on any atom is 0.239 e. The highest BCUT2D eigenvalue weighted by atomic mass is 16.5. The Morgan fingerprint density at radius 2 is 2.06 bits per heavy atom. The second-order valence-corrected chi connectivity index (χ2v) is 4.18. The summed E-state index contributed by atoms with van der Waals surface area (Å²) in [6.07, 6.45) is 2.62. The summed E-state index contributed by atoms with van der Waals surface area (Å²) in [6, 6.07) is -0.138. The first kappa shape index (κ1) is 15.4. The predicted molar refractivity (Wildman–Crippen MR) is 66.2 cm³/mol. The van der Waals surface area contributed by atoms with Gasteiger partial charge in [-0.05, 0) is 19.8 Å². The fourth-order valence-electron chi connectivity index (χ4n) is 1.61. The first-order chi connectivity index (χ1) is 7.58. The molecular weight excluding hydrogens is 204 g/mol. The Morgan fingerprint density at radius 3 is 2.50 bits per heavy atom. The van der Waals surface area contributed by atoms with Gasteiger partial charge in [0.05, 0.1) is 12.6 Å². The zero-order valence-electron chi connectivity index (χ0n) is 11.0. The molecule has 0 aromatic rings. The molecule has 0 aromatic carbocycles. The van der Waals surface area contributed by atoms with Crippen molar-refractivity contribution in [2.24, 2.45) is 5.73 Å². The van der Waals surface area contributed by atoms with Gasteiger partial charge in [0.25, 0.3) is 0 Å². The fraction of sp³-hybridized carbons (Fsp3) is 0.917. The molecule has 0 spiro atoms. The first-order valence-corrected chi connectivity index (χ1v) is 6.13. The van der Waals surface area contributed by atoms with E-state index in [1.807, 2.05) is 18.7 Å². The van der Waals surface area contributed by atoms with Gasteiger partial charge >= 0.3 is 0 Å². The van der Waals surface area contributed by atoms with E-state index in [4.69, 9.17) is 10.5 Å². The van der Waals surface area contributed by atoms with Crippen molar-refractivity contribution < 1.29 is 9.53 Å². The number of amides is 1. The van der Waals surface area contributed by atoms with E-state index in [9.17, 15) is 4.79 Å². The normalized spacial score (nSPS) is 14.6. The van der Waals surface area contributed by atoms with E-state index in [-0.39, 0.29) is 18.0 Å². The average Bonchev–Trinajstić information content (AvgIpc) is 2.29. The van der Waals surface area contributed by atoms with Gasteiger partial charge in [0.1, 0.15) is 0 Å². The van der Waals surface area contributed by atoms with Gasteiger partial charge in [-0.2, -0.15) is 0 Å². The average molecular weight is 230 g/mol. The highest BCUT2D eigenvalue weighted by Crippen LogP contribution is 2.07. The lowest BCUT2D eigenvalue weighted by Gasteiger charge is -2.30. The van der Waals surface area contributed by atoms with Crippen LogP contribution in [0.15, 0.2) is 0 Å². The Bertz CT molecular complexity index is 197. The lowest BCUT2D eigenvalue weighted by molar-refractivity contribution is -0.135. The minimum absolute atomic E-state index is 0.0493. The third-order valence-corrected chi connectivity index (χ3v) is 2.86. The van der Waals surface area contributed by atoms with E-state index in [0.29, 0.717) is 13.2 Å². The van der Waals surface area contributed by atoms with Crippen LogP contribution < -0.4 is 5.73 Å². The van der Waals surface area contributed by atoms with Gasteiger partial charge in [-0.1, -0.05) is 20.3 Å². The lowest BCUT2D eigenvalue weighted by atomic mass is 10.1. The van der Waals surface area contributed by atoms with Gasteiger partial charge in [0.15, 0.2) is 0 Å². The summed E-state index contributed by atoms with van der Waals surface area (Å²) in [7, 11) is 1.64. The quantitative estimate of drug-likeness (QED) is 0.685. The van der Waals surface area contributed by atoms with Crippen molar-refractivity contribution in [3.8, 4) is 0 Å². The topological polar surface area (TPSA) is 55.6 Å². The van der Waals surface area contributed by atoms with Crippen LogP contribution in [0.4, 0.5) is 0 Å². The number of ether oxygens (including phenoxy) is 1.